The SMILES string of the molecule is C=C1CN=CC(C(F)(F)F)=CC1C(=O)Nc1ccc(C)c(-c2cc(OCCO)c(C)c(N3CCOCC3)c2)c1. The van der Waals surface area contributed by atoms with Crippen LogP contribution in [0.15, 0.2) is 59.1 Å². The Labute approximate surface area is 225 Å². The van der Waals surface area contributed by atoms with E-state index in [-0.39, 0.29) is 25.3 Å². The van der Waals surface area contributed by atoms with E-state index >= 15 is 0 Å². The van der Waals surface area contributed by atoms with Crippen molar-refractivity contribution in [2.45, 2.75) is 20.0 Å². The number of rotatable bonds is 7. The quantitative estimate of drug-likeness (QED) is 0.488. The first kappa shape index (κ1) is 28.4. The van der Waals surface area contributed by atoms with E-state index in [9.17, 15) is 23.1 Å². The van der Waals surface area contributed by atoms with Crippen LogP contribution in [0.25, 0.3) is 11.1 Å². The first-order valence-electron chi connectivity index (χ1n) is 12.7. The van der Waals surface area contributed by atoms with Crippen molar-refractivity contribution >= 4 is 23.5 Å². The summed E-state index contributed by atoms with van der Waals surface area (Å²) in [7, 11) is 0. The molecule has 0 aliphatic carbocycles. The lowest BCUT2D eigenvalue weighted by molar-refractivity contribution is -0.117. The maximum atomic E-state index is 13.3. The van der Waals surface area contributed by atoms with Gasteiger partial charge in [-0.25, -0.2) is 0 Å². The zero-order valence-corrected chi connectivity index (χ0v) is 22.0. The average Bonchev–Trinajstić information content (AvgIpc) is 3.11. The number of aliphatic hydroxyl groups is 1. The molecule has 39 heavy (non-hydrogen) atoms. The van der Waals surface area contributed by atoms with Crippen LogP contribution in [-0.4, -0.2) is 69.5 Å². The van der Waals surface area contributed by atoms with Crippen molar-refractivity contribution in [3.8, 4) is 16.9 Å². The first-order valence-corrected chi connectivity index (χ1v) is 12.7. The Morgan fingerprint density at radius 3 is 2.67 bits per heavy atom. The summed E-state index contributed by atoms with van der Waals surface area (Å²) >= 11 is 0. The Kier molecular flexibility index (Phi) is 8.76. The zero-order valence-electron chi connectivity index (χ0n) is 22.0. The largest absolute Gasteiger partial charge is 0.491 e. The van der Waals surface area contributed by atoms with E-state index in [4.69, 9.17) is 9.47 Å². The van der Waals surface area contributed by atoms with Crippen LogP contribution in [0, 0.1) is 19.8 Å². The monoisotopic (exact) mass is 543 g/mol. The molecular formula is C29H32F3N3O4. The lowest BCUT2D eigenvalue weighted by atomic mass is 9.95. The van der Waals surface area contributed by atoms with Crippen molar-refractivity contribution in [3.05, 3.63) is 65.3 Å². The second-order valence-corrected chi connectivity index (χ2v) is 9.53. The van der Waals surface area contributed by atoms with Gasteiger partial charge in [-0.15, -0.1) is 0 Å². The Morgan fingerprint density at radius 2 is 1.97 bits per heavy atom. The van der Waals surface area contributed by atoms with E-state index in [1.165, 1.54) is 0 Å². The molecule has 0 aromatic heterocycles. The van der Waals surface area contributed by atoms with Gasteiger partial charge in [-0.1, -0.05) is 18.7 Å². The Balaban J connectivity index is 1.67. The number of aliphatic hydroxyl groups excluding tert-OH is 1. The molecule has 0 radical (unpaired) electrons. The summed E-state index contributed by atoms with van der Waals surface area (Å²) in [6, 6.07) is 9.30. The molecule has 2 N–H and O–H groups in total. The molecule has 1 fully saturated rings. The molecule has 7 nitrogen and oxygen atoms in total. The van der Waals surface area contributed by atoms with Crippen LogP contribution in [-0.2, 0) is 9.53 Å². The van der Waals surface area contributed by atoms with Crippen molar-refractivity contribution in [2.75, 3.05) is 56.3 Å². The summed E-state index contributed by atoms with van der Waals surface area (Å²) in [5, 5.41) is 12.1. The summed E-state index contributed by atoms with van der Waals surface area (Å²) in [6.45, 7) is 10.3. The second-order valence-electron chi connectivity index (χ2n) is 9.53. The number of aryl methyl sites for hydroxylation is 1. The second kappa shape index (κ2) is 12.0. The highest BCUT2D eigenvalue weighted by molar-refractivity contribution is 5.98. The van der Waals surface area contributed by atoms with E-state index in [1.807, 2.05) is 26.0 Å². The van der Waals surface area contributed by atoms with Crippen molar-refractivity contribution in [1.82, 2.24) is 0 Å². The number of hydrogen-bond acceptors (Lipinski definition) is 6. The molecule has 2 aliphatic heterocycles. The number of halogens is 3. The van der Waals surface area contributed by atoms with Crippen molar-refractivity contribution in [3.63, 3.8) is 0 Å². The van der Waals surface area contributed by atoms with Gasteiger partial charge in [0.05, 0.1) is 37.9 Å². The Bertz CT molecular complexity index is 1300. The molecule has 10 heteroatoms. The number of aliphatic imine (C=N–C) groups is 1. The highest BCUT2D eigenvalue weighted by Crippen LogP contribution is 2.38. The minimum Gasteiger partial charge on any atom is -0.491 e. The van der Waals surface area contributed by atoms with Crippen molar-refractivity contribution in [2.24, 2.45) is 10.9 Å². The van der Waals surface area contributed by atoms with Crippen LogP contribution in [0.4, 0.5) is 24.5 Å². The molecule has 2 aromatic carbocycles. The predicted octanol–water partition coefficient (Wildman–Crippen LogP) is 4.86. The molecule has 1 amide bonds. The molecule has 0 saturated carbocycles. The van der Waals surface area contributed by atoms with Crippen LogP contribution in [0.2, 0.25) is 0 Å². The molecule has 0 spiro atoms. The number of amides is 1. The van der Waals surface area contributed by atoms with E-state index < -0.39 is 23.6 Å². The fourth-order valence-electron chi connectivity index (χ4n) is 4.63. The number of alkyl halides is 3. The molecule has 1 saturated heterocycles. The fraction of sp³-hybridized carbons (Fsp3) is 0.379. The lowest BCUT2D eigenvalue weighted by Crippen LogP contribution is -2.36. The van der Waals surface area contributed by atoms with Crippen molar-refractivity contribution < 1.29 is 32.5 Å². The molecule has 208 valence electrons. The van der Waals surface area contributed by atoms with Gasteiger partial charge in [0.25, 0.3) is 0 Å². The maximum absolute atomic E-state index is 13.3. The Morgan fingerprint density at radius 1 is 1.23 bits per heavy atom. The molecule has 1 unspecified atom stereocenters. The zero-order chi connectivity index (χ0) is 28.2. The first-order chi connectivity index (χ1) is 18.6. The topological polar surface area (TPSA) is 83.4 Å². The van der Waals surface area contributed by atoms with E-state index in [1.54, 1.807) is 12.1 Å². The number of hydrogen-bond donors (Lipinski definition) is 2. The van der Waals surface area contributed by atoms with Gasteiger partial charge in [0.1, 0.15) is 12.4 Å². The third-order valence-electron chi connectivity index (χ3n) is 6.77. The number of morpholine rings is 1. The van der Waals surface area contributed by atoms with Gasteiger partial charge < -0.3 is 24.8 Å². The summed E-state index contributed by atoms with van der Waals surface area (Å²) < 4.78 is 51.4. The molecule has 0 bridgehead atoms. The number of anilines is 2. The molecule has 2 aliphatic rings. The van der Waals surface area contributed by atoms with Gasteiger partial charge in [-0.3, -0.25) is 9.79 Å². The van der Waals surface area contributed by atoms with Gasteiger partial charge in [-0.05, 0) is 60.4 Å². The van der Waals surface area contributed by atoms with E-state index in [2.05, 4.69) is 27.9 Å². The summed E-state index contributed by atoms with van der Waals surface area (Å²) in [4.78, 5) is 19.1. The lowest BCUT2D eigenvalue weighted by Gasteiger charge is -2.31. The summed E-state index contributed by atoms with van der Waals surface area (Å²) in [6.07, 6.45) is -3.02. The number of benzene rings is 2. The molecule has 2 heterocycles. The van der Waals surface area contributed by atoms with Crippen LogP contribution in [0.5, 0.6) is 5.75 Å². The summed E-state index contributed by atoms with van der Waals surface area (Å²) in [5.74, 6) is -1.16. The fourth-order valence-corrected chi connectivity index (χ4v) is 4.63. The predicted molar refractivity (Wildman–Crippen MR) is 146 cm³/mol. The van der Waals surface area contributed by atoms with E-state index in [0.29, 0.717) is 24.7 Å². The third kappa shape index (κ3) is 6.69. The number of carbonyl (C=O) groups is 1. The molecular weight excluding hydrogens is 511 g/mol. The highest BCUT2D eigenvalue weighted by Gasteiger charge is 2.35. The van der Waals surface area contributed by atoms with Gasteiger partial charge in [0.2, 0.25) is 5.91 Å². The highest BCUT2D eigenvalue weighted by atomic mass is 19.4. The number of nitrogens with one attached hydrogen (secondary N) is 1. The number of ether oxygens (including phenoxy) is 2. The van der Waals surface area contributed by atoms with Crippen LogP contribution >= 0.6 is 0 Å². The van der Waals surface area contributed by atoms with E-state index in [0.717, 1.165) is 53.3 Å². The third-order valence-corrected chi connectivity index (χ3v) is 6.77. The standard InChI is InChI=1S/C29H32F3N3O4/c1-18-4-5-23(34-28(37)25-14-22(29(30,31)32)17-33-16-19(25)2)15-24(18)21-12-26(35-6-9-38-10-7-35)20(3)27(13-21)39-11-8-36/h4-5,12-15,17,25,36H,2,6-11,16H2,1,3H3,(H,34,37). The van der Waals surface area contributed by atoms with Crippen LogP contribution in [0.1, 0.15) is 11.1 Å². The summed E-state index contributed by atoms with van der Waals surface area (Å²) in [5.41, 5.74) is 4.26. The normalized spacial score (nSPS) is 18.0. The Hall–Kier alpha value is -3.63. The van der Waals surface area contributed by atoms with Gasteiger partial charge >= 0.3 is 6.18 Å². The number of carbonyl (C=O) groups excluding carboxylic acids is 1. The van der Waals surface area contributed by atoms with Crippen LogP contribution < -0.4 is 15.0 Å². The van der Waals surface area contributed by atoms with Gasteiger partial charge in [0, 0.05) is 36.2 Å². The minimum atomic E-state index is -4.62. The molecule has 4 rings (SSSR count). The number of nitrogens with zero attached hydrogens (tertiary/aromatic N) is 2. The molecule has 2 aromatic rings. The smallest absolute Gasteiger partial charge is 0.417 e. The average molecular weight is 544 g/mol. The van der Waals surface area contributed by atoms with Crippen molar-refractivity contribution in [1.29, 1.82) is 0 Å². The maximum Gasteiger partial charge on any atom is 0.417 e. The minimum absolute atomic E-state index is 0.0718. The van der Waals surface area contributed by atoms with Gasteiger partial charge in [0.15, 0.2) is 0 Å². The van der Waals surface area contributed by atoms with Crippen LogP contribution in [0.3, 0.4) is 0 Å². The molecule has 1 atom stereocenters. The number of allylic oxidation sites excluding steroid dienone is 1. The van der Waals surface area contributed by atoms with Gasteiger partial charge in [-0.2, -0.15) is 13.2 Å².